The fraction of sp³-hybridized carbons (Fsp3) is 0.500. The molecule has 1 unspecified atom stereocenters. The van der Waals surface area contributed by atoms with E-state index in [9.17, 15) is 4.79 Å². The third-order valence-electron chi connectivity index (χ3n) is 3.10. The molecule has 0 saturated carbocycles. The van der Waals surface area contributed by atoms with Gasteiger partial charge >= 0.3 is 5.97 Å². The first kappa shape index (κ1) is 15.9. The number of thioether (sulfide) groups is 1. The van der Waals surface area contributed by atoms with E-state index in [1.165, 1.54) is 7.11 Å². The Hall–Kier alpha value is -1.20. The molecule has 5 heteroatoms. The second-order valence-electron chi connectivity index (χ2n) is 4.35. The van der Waals surface area contributed by atoms with E-state index in [0.717, 1.165) is 16.4 Å². The molecular weight excluding hydrogens is 262 g/mol. The smallest absolute Gasteiger partial charge is 0.325 e. The highest BCUT2D eigenvalue weighted by Gasteiger charge is 2.31. The molecule has 0 radical (unpaired) electrons. The van der Waals surface area contributed by atoms with Crippen molar-refractivity contribution < 1.29 is 14.3 Å². The molecule has 0 aliphatic carbocycles. The summed E-state index contributed by atoms with van der Waals surface area (Å²) in [5.41, 5.74) is -0.638. The van der Waals surface area contributed by atoms with Gasteiger partial charge in [-0.05, 0) is 38.6 Å². The Bertz CT molecular complexity index is 425. The normalized spacial score (nSPS) is 13.7. The molecule has 4 nitrogen and oxygen atoms in total. The molecule has 0 aliphatic rings. The number of hydrogen-bond donors (Lipinski definition) is 1. The molecule has 0 heterocycles. The number of rotatable bonds is 7. The zero-order chi connectivity index (χ0) is 14.3. The summed E-state index contributed by atoms with van der Waals surface area (Å²) in [4.78, 5) is 12.8. The van der Waals surface area contributed by atoms with Crippen LogP contribution in [0.1, 0.15) is 13.3 Å². The lowest BCUT2D eigenvalue weighted by Gasteiger charge is -2.25. The average molecular weight is 283 g/mol. The van der Waals surface area contributed by atoms with Crippen molar-refractivity contribution in [3.05, 3.63) is 24.3 Å². The second-order valence-corrected chi connectivity index (χ2v) is 5.52. The molecule has 0 aromatic heterocycles. The highest BCUT2D eigenvalue weighted by atomic mass is 32.2. The third-order valence-corrected chi connectivity index (χ3v) is 4.10. The van der Waals surface area contributed by atoms with E-state index in [1.807, 2.05) is 31.2 Å². The van der Waals surface area contributed by atoms with Crippen LogP contribution in [0.3, 0.4) is 0 Å². The minimum atomic E-state index is -0.638. The summed E-state index contributed by atoms with van der Waals surface area (Å²) in [6, 6.07) is 7.89. The molecule has 1 aromatic carbocycles. The topological polar surface area (TPSA) is 47.6 Å². The third kappa shape index (κ3) is 4.44. The van der Waals surface area contributed by atoms with Gasteiger partial charge in [-0.1, -0.05) is 6.07 Å². The zero-order valence-corrected chi connectivity index (χ0v) is 12.7. The van der Waals surface area contributed by atoms with E-state index in [4.69, 9.17) is 9.47 Å². The summed E-state index contributed by atoms with van der Waals surface area (Å²) in [5, 5.41) is 3.03. The van der Waals surface area contributed by atoms with Gasteiger partial charge in [0.15, 0.2) is 0 Å². The highest BCUT2D eigenvalue weighted by Crippen LogP contribution is 2.25. The van der Waals surface area contributed by atoms with E-state index in [2.05, 4.69) is 5.32 Å². The molecule has 0 amide bonds. The molecule has 1 rings (SSSR count). The van der Waals surface area contributed by atoms with Crippen LogP contribution in [0.15, 0.2) is 29.2 Å². The Balaban J connectivity index is 2.54. The van der Waals surface area contributed by atoms with Crippen molar-refractivity contribution in [3.63, 3.8) is 0 Å². The molecule has 1 atom stereocenters. The Morgan fingerprint density at radius 3 is 2.74 bits per heavy atom. The summed E-state index contributed by atoms with van der Waals surface area (Å²) >= 11 is 1.69. The number of ether oxygens (including phenoxy) is 2. The first-order valence-electron chi connectivity index (χ1n) is 6.10. The average Bonchev–Trinajstić information content (AvgIpc) is 2.46. The molecule has 106 valence electrons. The number of nitrogens with one attached hydrogen (secondary N) is 1. The van der Waals surface area contributed by atoms with Crippen LogP contribution in [0.2, 0.25) is 0 Å². The van der Waals surface area contributed by atoms with Gasteiger partial charge in [0.2, 0.25) is 0 Å². The number of benzene rings is 1. The van der Waals surface area contributed by atoms with Crippen molar-refractivity contribution in [2.24, 2.45) is 0 Å². The zero-order valence-electron chi connectivity index (χ0n) is 11.9. The lowest BCUT2D eigenvalue weighted by atomic mass is 10.00. The summed E-state index contributed by atoms with van der Waals surface area (Å²) in [6.07, 6.45) is 0.693. The van der Waals surface area contributed by atoms with Gasteiger partial charge in [-0.3, -0.25) is 4.79 Å². The standard InChI is InChI=1S/C14H21NO3S/c1-14(15-2,13(16)18-4)8-9-19-12-7-5-6-11(10-12)17-3/h5-7,10,15H,8-9H2,1-4H3. The van der Waals surface area contributed by atoms with Gasteiger partial charge in [-0.25, -0.2) is 0 Å². The number of likely N-dealkylation sites (N-methyl/N-ethyl adjacent to an activating group) is 1. The summed E-state index contributed by atoms with van der Waals surface area (Å²) in [7, 11) is 4.83. The largest absolute Gasteiger partial charge is 0.497 e. The maximum atomic E-state index is 11.7. The predicted octanol–water partition coefficient (Wildman–Crippen LogP) is 2.33. The van der Waals surface area contributed by atoms with Crippen LogP contribution in [-0.4, -0.2) is 38.5 Å². The van der Waals surface area contributed by atoms with Crippen molar-refractivity contribution in [2.75, 3.05) is 27.0 Å². The van der Waals surface area contributed by atoms with Gasteiger partial charge in [-0.15, -0.1) is 11.8 Å². The maximum absolute atomic E-state index is 11.7. The maximum Gasteiger partial charge on any atom is 0.325 e. The van der Waals surface area contributed by atoms with E-state index < -0.39 is 5.54 Å². The van der Waals surface area contributed by atoms with Crippen molar-refractivity contribution >= 4 is 17.7 Å². The van der Waals surface area contributed by atoms with Crippen LogP contribution in [0, 0.1) is 0 Å². The van der Waals surface area contributed by atoms with Crippen molar-refractivity contribution in [2.45, 2.75) is 23.8 Å². The fourth-order valence-corrected chi connectivity index (χ4v) is 2.74. The Labute approximate surface area is 118 Å². The van der Waals surface area contributed by atoms with Crippen molar-refractivity contribution in [1.29, 1.82) is 0 Å². The SMILES string of the molecule is CNC(C)(CCSc1cccc(OC)c1)C(=O)OC. The van der Waals surface area contributed by atoms with Gasteiger partial charge in [0.25, 0.3) is 0 Å². The van der Waals surface area contributed by atoms with E-state index in [1.54, 1.807) is 25.9 Å². The number of carbonyl (C=O) groups excluding carboxylic acids is 1. The molecule has 0 spiro atoms. The fourth-order valence-electron chi connectivity index (χ4n) is 1.62. The molecule has 1 N–H and O–H groups in total. The van der Waals surface area contributed by atoms with E-state index >= 15 is 0 Å². The van der Waals surface area contributed by atoms with Crippen LogP contribution in [-0.2, 0) is 9.53 Å². The molecule has 19 heavy (non-hydrogen) atoms. The van der Waals surface area contributed by atoms with Crippen LogP contribution in [0.4, 0.5) is 0 Å². The van der Waals surface area contributed by atoms with Gasteiger partial charge < -0.3 is 14.8 Å². The monoisotopic (exact) mass is 283 g/mol. The van der Waals surface area contributed by atoms with E-state index in [0.29, 0.717) is 6.42 Å². The first-order valence-corrected chi connectivity index (χ1v) is 7.08. The minimum Gasteiger partial charge on any atom is -0.497 e. The van der Waals surface area contributed by atoms with Crippen molar-refractivity contribution in [3.8, 4) is 5.75 Å². The molecule has 1 aromatic rings. The van der Waals surface area contributed by atoms with E-state index in [-0.39, 0.29) is 5.97 Å². The Morgan fingerprint density at radius 2 is 2.16 bits per heavy atom. The minimum absolute atomic E-state index is 0.235. The van der Waals surface area contributed by atoms with Crippen LogP contribution in [0.5, 0.6) is 5.75 Å². The number of hydrogen-bond acceptors (Lipinski definition) is 5. The molecule has 0 bridgehead atoms. The molecule has 0 fully saturated rings. The number of methoxy groups -OCH3 is 2. The lowest BCUT2D eigenvalue weighted by molar-refractivity contribution is -0.147. The van der Waals surface area contributed by atoms with Gasteiger partial charge in [0, 0.05) is 10.6 Å². The van der Waals surface area contributed by atoms with Gasteiger partial charge in [0.05, 0.1) is 14.2 Å². The molecule has 0 saturated heterocycles. The Kier molecular flexibility index (Phi) is 6.18. The summed E-state index contributed by atoms with van der Waals surface area (Å²) < 4.78 is 9.99. The highest BCUT2D eigenvalue weighted by molar-refractivity contribution is 7.99. The summed E-state index contributed by atoms with van der Waals surface area (Å²) in [5.74, 6) is 1.43. The Morgan fingerprint density at radius 1 is 1.42 bits per heavy atom. The molecular formula is C14H21NO3S. The van der Waals surface area contributed by atoms with Crippen LogP contribution in [0.25, 0.3) is 0 Å². The van der Waals surface area contributed by atoms with Crippen molar-refractivity contribution in [1.82, 2.24) is 5.32 Å². The lowest BCUT2D eigenvalue weighted by Crippen LogP contribution is -2.48. The summed E-state index contributed by atoms with van der Waals surface area (Å²) in [6.45, 7) is 1.85. The predicted molar refractivity (Wildman–Crippen MR) is 77.8 cm³/mol. The first-order chi connectivity index (χ1) is 9.05. The molecule has 0 aliphatic heterocycles. The number of esters is 1. The van der Waals surface area contributed by atoms with Gasteiger partial charge in [0.1, 0.15) is 11.3 Å². The quantitative estimate of drug-likeness (QED) is 0.615. The second kappa shape index (κ2) is 7.40. The number of carbonyl (C=O) groups is 1. The van der Waals surface area contributed by atoms with Crippen LogP contribution < -0.4 is 10.1 Å². The van der Waals surface area contributed by atoms with Gasteiger partial charge in [-0.2, -0.15) is 0 Å². The van der Waals surface area contributed by atoms with Crippen LogP contribution >= 0.6 is 11.8 Å².